The smallest absolute Gasteiger partial charge is 0.255 e. The van der Waals surface area contributed by atoms with Crippen molar-refractivity contribution < 1.29 is 45.0 Å². The van der Waals surface area contributed by atoms with E-state index in [-0.39, 0.29) is 16.8 Å². The Bertz CT molecular complexity index is 1930. The summed E-state index contributed by atoms with van der Waals surface area (Å²) in [6.45, 7) is 5.91. The highest BCUT2D eigenvalue weighted by molar-refractivity contribution is 7.14. The first-order chi connectivity index (χ1) is 23.2. The number of primary amides is 1. The van der Waals surface area contributed by atoms with E-state index in [0.717, 1.165) is 24.3 Å². The number of amides is 1. The summed E-state index contributed by atoms with van der Waals surface area (Å²) in [6, 6.07) is 9.24. The first-order valence-corrected chi connectivity index (χ1v) is 16.5. The highest BCUT2D eigenvalue weighted by atomic mass is 32.1. The van der Waals surface area contributed by atoms with E-state index in [2.05, 4.69) is 29.0 Å². The molecule has 0 aliphatic heterocycles. The van der Waals surface area contributed by atoms with Gasteiger partial charge in [0, 0.05) is 41.2 Å². The number of aromatic nitrogens is 1. The molecule has 9 N–H and O–H groups in total. The molecular weight excluding hydrogens is 654 g/mol. The number of ketones is 2. The fraction of sp³-hybridized carbons (Fsp3) is 0.353. The molecule has 0 saturated heterocycles. The van der Waals surface area contributed by atoms with E-state index in [1.807, 2.05) is 29.6 Å². The van der Waals surface area contributed by atoms with Gasteiger partial charge in [0.05, 0.1) is 41.1 Å². The third-order valence-electron chi connectivity index (χ3n) is 9.80. The number of benzene rings is 2. The van der Waals surface area contributed by atoms with Crippen LogP contribution >= 0.6 is 11.3 Å². The number of nitrogens with two attached hydrogens (primary N) is 1. The summed E-state index contributed by atoms with van der Waals surface area (Å²) in [5.74, 6) is -9.98. The predicted molar refractivity (Wildman–Crippen MR) is 181 cm³/mol. The maximum atomic E-state index is 14.1. The average Bonchev–Trinajstić information content (AvgIpc) is 3.53. The Kier molecular flexibility index (Phi) is 8.53. The zero-order valence-corrected chi connectivity index (χ0v) is 27.9. The zero-order chi connectivity index (χ0) is 35.7. The molecule has 1 fully saturated rings. The second kappa shape index (κ2) is 12.3. The van der Waals surface area contributed by atoms with Crippen molar-refractivity contribution in [2.24, 2.45) is 17.6 Å². The molecule has 3 aliphatic rings. The number of nitrogens with zero attached hydrogens (tertiary/aromatic N) is 3. The molecule has 0 spiro atoms. The number of nitrogens with one attached hydrogen (secondary N) is 1. The fourth-order valence-corrected chi connectivity index (χ4v) is 8.13. The van der Waals surface area contributed by atoms with Crippen LogP contribution < -0.4 is 16.0 Å². The molecule has 14 nitrogen and oxygen atoms in total. The first kappa shape index (κ1) is 34.1. The predicted octanol–water partition coefficient (Wildman–Crippen LogP) is 2.14. The second-order valence-corrected chi connectivity index (χ2v) is 13.4. The van der Waals surface area contributed by atoms with Crippen LogP contribution in [0.15, 0.2) is 58.7 Å². The van der Waals surface area contributed by atoms with Crippen molar-refractivity contribution in [2.45, 2.75) is 37.7 Å². The van der Waals surface area contributed by atoms with Crippen LogP contribution in [0.1, 0.15) is 31.1 Å². The number of aliphatic hydroxyl groups excluding tert-OH is 4. The van der Waals surface area contributed by atoms with Crippen molar-refractivity contribution in [3.05, 3.63) is 69.8 Å². The number of hydrogen-bond donors (Lipinski definition) is 8. The summed E-state index contributed by atoms with van der Waals surface area (Å²) < 4.78 is 0. The number of Topliss-reactive ketones (excluding diaryl/α,β-unsaturated/α-hetero) is 2. The molecule has 1 heterocycles. The van der Waals surface area contributed by atoms with Gasteiger partial charge < -0.3 is 46.6 Å². The van der Waals surface area contributed by atoms with Gasteiger partial charge in [-0.25, -0.2) is 4.98 Å². The molecule has 6 rings (SSSR count). The summed E-state index contributed by atoms with van der Waals surface area (Å²) in [6.07, 6.45) is -3.62. The quantitative estimate of drug-likeness (QED) is 0.125. The lowest BCUT2D eigenvalue weighted by Gasteiger charge is -2.53. The number of rotatable bonds is 8. The van der Waals surface area contributed by atoms with Crippen LogP contribution in [0.5, 0.6) is 5.75 Å². The van der Waals surface area contributed by atoms with Crippen LogP contribution in [0.25, 0.3) is 17.0 Å². The minimum Gasteiger partial charge on any atom is -0.508 e. The number of anilines is 3. The standard InChI is InChI=1S/C34H37N5O9S/c1-5-39(6-2)15-9-7-14(8-10-15)18-13-49-33(37-18)36-17-12-11-16-19(26(17)41)27(42)21-20(25(16)40)28(43)23-24(38(3)4)29(44)22(32(35)47)31(46)34(23,48)30(21)45/h7-13,20,23-25,28,40-43,46,48H,5-6H2,1-4H3,(H2,35,47)(H,36,37). The lowest BCUT2D eigenvalue weighted by Crippen LogP contribution is -2.70. The summed E-state index contributed by atoms with van der Waals surface area (Å²) >= 11 is 1.25. The maximum Gasteiger partial charge on any atom is 0.255 e. The highest BCUT2D eigenvalue weighted by Gasteiger charge is 2.68. The van der Waals surface area contributed by atoms with Crippen LogP contribution in [0.3, 0.4) is 0 Å². The van der Waals surface area contributed by atoms with Gasteiger partial charge >= 0.3 is 0 Å². The van der Waals surface area contributed by atoms with E-state index >= 15 is 0 Å². The largest absolute Gasteiger partial charge is 0.508 e. The van der Waals surface area contributed by atoms with E-state index in [0.29, 0.717) is 10.8 Å². The van der Waals surface area contributed by atoms with Gasteiger partial charge in [-0.2, -0.15) is 0 Å². The van der Waals surface area contributed by atoms with Gasteiger partial charge in [0.15, 0.2) is 16.5 Å². The molecule has 1 amide bonds. The van der Waals surface area contributed by atoms with E-state index in [1.165, 1.54) is 42.5 Å². The number of aromatic hydroxyl groups is 1. The summed E-state index contributed by atoms with van der Waals surface area (Å²) in [5, 5.41) is 74.1. The van der Waals surface area contributed by atoms with Crippen molar-refractivity contribution in [2.75, 3.05) is 37.4 Å². The number of aliphatic hydroxyl groups is 5. The van der Waals surface area contributed by atoms with Gasteiger partial charge in [0.2, 0.25) is 5.78 Å². The second-order valence-electron chi connectivity index (χ2n) is 12.5. The Labute approximate surface area is 285 Å². The monoisotopic (exact) mass is 691 g/mol. The molecule has 49 heavy (non-hydrogen) atoms. The Morgan fingerprint density at radius 1 is 1.04 bits per heavy atom. The SMILES string of the molecule is CCN(CC)c1ccc(-c2csc(Nc3ccc4c(c3O)C(O)=C3C(=O)C5(O)C(O)=C(C(N)=O)C(=O)C(N(C)C)C5C(O)C3C4O)n2)cc1. The topological polar surface area (TPSA) is 230 Å². The van der Waals surface area contributed by atoms with Crippen molar-refractivity contribution in [1.82, 2.24) is 9.88 Å². The fourth-order valence-electron chi connectivity index (χ4n) is 7.39. The van der Waals surface area contributed by atoms with Crippen molar-refractivity contribution in [1.29, 1.82) is 0 Å². The molecule has 0 radical (unpaired) electrons. The Balaban J connectivity index is 1.39. The number of fused-ring (bicyclic) bond motifs is 3. The van der Waals surface area contributed by atoms with Crippen molar-refractivity contribution in [3.63, 3.8) is 0 Å². The van der Waals surface area contributed by atoms with Crippen molar-refractivity contribution in [3.8, 4) is 17.0 Å². The van der Waals surface area contributed by atoms with Crippen LogP contribution in [-0.4, -0.2) is 103 Å². The molecule has 1 aromatic heterocycles. The van der Waals surface area contributed by atoms with Crippen molar-refractivity contribution >= 4 is 51.1 Å². The van der Waals surface area contributed by atoms with Gasteiger partial charge in [-0.15, -0.1) is 11.3 Å². The number of phenolic OH excluding ortho intramolecular Hbond substituents is 1. The zero-order valence-electron chi connectivity index (χ0n) is 27.1. The molecule has 15 heteroatoms. The third-order valence-corrected chi connectivity index (χ3v) is 10.6. The summed E-state index contributed by atoms with van der Waals surface area (Å²) in [4.78, 5) is 47.7. The van der Waals surface area contributed by atoms with E-state index in [1.54, 1.807) is 0 Å². The van der Waals surface area contributed by atoms with Crippen LogP contribution in [-0.2, 0) is 14.4 Å². The van der Waals surface area contributed by atoms with Gasteiger partial charge in [-0.05, 0) is 51.7 Å². The van der Waals surface area contributed by atoms with Gasteiger partial charge in [-0.1, -0.05) is 18.2 Å². The van der Waals surface area contributed by atoms with Gasteiger partial charge in [-0.3, -0.25) is 19.3 Å². The minimum atomic E-state index is -3.09. The molecule has 2 aromatic carbocycles. The van der Waals surface area contributed by atoms with E-state index in [9.17, 15) is 45.0 Å². The molecule has 6 atom stereocenters. The number of thiazole rings is 1. The number of phenols is 1. The average molecular weight is 692 g/mol. The maximum absolute atomic E-state index is 14.1. The molecule has 1 saturated carbocycles. The van der Waals surface area contributed by atoms with Gasteiger partial charge in [0.1, 0.15) is 22.8 Å². The first-order valence-electron chi connectivity index (χ1n) is 15.6. The van der Waals surface area contributed by atoms with E-state index in [4.69, 9.17) is 5.73 Å². The normalized spacial score (nSPS) is 26.4. The van der Waals surface area contributed by atoms with Crippen LogP contribution in [0, 0.1) is 11.8 Å². The van der Waals surface area contributed by atoms with Crippen LogP contribution in [0.4, 0.5) is 16.5 Å². The third kappa shape index (κ3) is 4.99. The Morgan fingerprint density at radius 3 is 2.29 bits per heavy atom. The summed E-state index contributed by atoms with van der Waals surface area (Å²) in [7, 11) is 2.80. The molecule has 3 aliphatic carbocycles. The minimum absolute atomic E-state index is 0.0409. The number of carbonyl (C=O) groups excluding carboxylic acids is 3. The molecule has 3 aromatic rings. The molecule has 0 bridgehead atoms. The Morgan fingerprint density at radius 2 is 1.69 bits per heavy atom. The lowest BCUT2D eigenvalue weighted by molar-refractivity contribution is -0.174. The molecular formula is C34H37N5O9S. The number of likely N-dealkylation sites (N-methyl/N-ethyl adjacent to an activating group) is 1. The number of hydrogen-bond acceptors (Lipinski definition) is 14. The van der Waals surface area contributed by atoms with Gasteiger partial charge in [0.25, 0.3) is 5.91 Å². The number of carbonyl (C=O) groups is 3. The van der Waals surface area contributed by atoms with Crippen LogP contribution in [0.2, 0.25) is 0 Å². The summed E-state index contributed by atoms with van der Waals surface area (Å²) in [5.41, 5.74) is 2.83. The molecule has 258 valence electrons. The Hall–Kier alpha value is -4.80. The van der Waals surface area contributed by atoms with E-state index < -0.39 is 81.6 Å². The lowest BCUT2D eigenvalue weighted by atomic mass is 9.55. The highest BCUT2D eigenvalue weighted by Crippen LogP contribution is 2.56. The molecule has 6 unspecified atom stereocenters.